The zero-order valence-corrected chi connectivity index (χ0v) is 15.6. The van der Waals surface area contributed by atoms with E-state index < -0.39 is 0 Å². The van der Waals surface area contributed by atoms with E-state index in [4.69, 9.17) is 21.6 Å². The highest BCUT2D eigenvalue weighted by Gasteiger charge is 2.28. The summed E-state index contributed by atoms with van der Waals surface area (Å²) in [5.41, 5.74) is 1.00. The molecule has 0 spiro atoms. The van der Waals surface area contributed by atoms with Crippen molar-refractivity contribution in [3.8, 4) is 0 Å². The highest BCUT2D eigenvalue weighted by atomic mass is 35.5. The molecular formula is C21H23ClN4. The summed E-state index contributed by atoms with van der Waals surface area (Å²) >= 11 is 6.09. The van der Waals surface area contributed by atoms with Gasteiger partial charge in [-0.15, -0.1) is 0 Å². The molecule has 1 saturated carbocycles. The summed E-state index contributed by atoms with van der Waals surface area (Å²) < 4.78 is 2.39. The molecular weight excluding hydrogens is 344 g/mol. The normalized spacial score (nSPS) is 20.7. The molecule has 5 heteroatoms. The lowest BCUT2D eigenvalue weighted by atomic mass is 9.97. The molecule has 134 valence electrons. The number of nitrogens with zero attached hydrogens (tertiary/aromatic N) is 4. The Labute approximate surface area is 158 Å². The Hall–Kier alpha value is -2.07. The van der Waals surface area contributed by atoms with E-state index in [1.807, 2.05) is 24.4 Å². The van der Waals surface area contributed by atoms with Crippen molar-refractivity contribution in [1.82, 2.24) is 14.5 Å². The molecule has 1 atom stereocenters. The van der Waals surface area contributed by atoms with Crippen LogP contribution in [0.5, 0.6) is 0 Å². The number of rotatable bonds is 4. The number of fused-ring (bicyclic) bond motifs is 1. The van der Waals surface area contributed by atoms with Crippen molar-refractivity contribution in [2.45, 2.75) is 38.1 Å². The molecule has 1 aliphatic heterocycles. The summed E-state index contributed by atoms with van der Waals surface area (Å²) in [5.74, 6) is 3.68. The minimum atomic E-state index is 0.486. The van der Waals surface area contributed by atoms with Gasteiger partial charge in [0.1, 0.15) is 11.6 Å². The molecule has 0 N–H and O–H groups in total. The van der Waals surface area contributed by atoms with Gasteiger partial charge in [-0.2, -0.15) is 0 Å². The standard InChI is InChI=1S/C21H23ClN4/c22-18-6-7-19-16(12-18)5-8-20(24-19)25-10-1-2-17(14-25)21-23-9-11-26(21)13-15-3-4-15/h5-9,11-12,15,17H,1-4,10,13-14H2. The van der Waals surface area contributed by atoms with Crippen LogP contribution in [0.2, 0.25) is 5.02 Å². The summed E-state index contributed by atoms with van der Waals surface area (Å²) in [7, 11) is 0. The van der Waals surface area contributed by atoms with Gasteiger partial charge in [-0.3, -0.25) is 0 Å². The Morgan fingerprint density at radius 1 is 1.12 bits per heavy atom. The number of imidazole rings is 1. The van der Waals surface area contributed by atoms with E-state index in [-0.39, 0.29) is 0 Å². The third-order valence-corrected chi connectivity index (χ3v) is 5.88. The van der Waals surface area contributed by atoms with Gasteiger partial charge in [0.15, 0.2) is 0 Å². The summed E-state index contributed by atoms with van der Waals surface area (Å²) in [4.78, 5) is 12.0. The molecule has 0 radical (unpaired) electrons. The molecule has 3 aromatic rings. The number of hydrogen-bond acceptors (Lipinski definition) is 3. The quantitative estimate of drug-likeness (QED) is 0.660. The number of pyridine rings is 1. The monoisotopic (exact) mass is 366 g/mol. The first-order valence-corrected chi connectivity index (χ1v) is 9.96. The highest BCUT2D eigenvalue weighted by Crippen LogP contribution is 2.34. The average Bonchev–Trinajstić information content (AvgIpc) is 3.36. The summed E-state index contributed by atoms with van der Waals surface area (Å²) in [6.45, 7) is 3.19. The van der Waals surface area contributed by atoms with Crippen LogP contribution in [0.15, 0.2) is 42.7 Å². The third kappa shape index (κ3) is 3.18. The zero-order chi connectivity index (χ0) is 17.5. The molecule has 26 heavy (non-hydrogen) atoms. The van der Waals surface area contributed by atoms with Crippen molar-refractivity contribution < 1.29 is 0 Å². The number of halogens is 1. The van der Waals surface area contributed by atoms with Crippen LogP contribution in [0.4, 0.5) is 5.82 Å². The Morgan fingerprint density at radius 3 is 2.92 bits per heavy atom. The van der Waals surface area contributed by atoms with E-state index in [0.29, 0.717) is 5.92 Å². The number of piperidine rings is 1. The fourth-order valence-electron chi connectivity index (χ4n) is 4.07. The fourth-order valence-corrected chi connectivity index (χ4v) is 4.25. The number of aromatic nitrogens is 3. The Balaban J connectivity index is 1.38. The molecule has 4 nitrogen and oxygen atoms in total. The van der Waals surface area contributed by atoms with E-state index in [1.54, 1.807) is 0 Å². The van der Waals surface area contributed by atoms with Gasteiger partial charge in [0.25, 0.3) is 0 Å². The molecule has 5 rings (SSSR count). The predicted molar refractivity (Wildman–Crippen MR) is 106 cm³/mol. The Kier molecular flexibility index (Phi) is 4.08. The van der Waals surface area contributed by atoms with Crippen molar-refractivity contribution >= 4 is 28.3 Å². The lowest BCUT2D eigenvalue weighted by molar-refractivity contribution is 0.462. The van der Waals surface area contributed by atoms with Crippen LogP contribution >= 0.6 is 11.6 Å². The lowest BCUT2D eigenvalue weighted by Crippen LogP contribution is -2.36. The molecule has 0 amide bonds. The first kappa shape index (κ1) is 16.1. The second-order valence-electron chi connectivity index (χ2n) is 7.67. The van der Waals surface area contributed by atoms with Crippen molar-refractivity contribution in [2.24, 2.45) is 5.92 Å². The maximum atomic E-state index is 6.09. The molecule has 1 unspecified atom stereocenters. The Morgan fingerprint density at radius 2 is 2.04 bits per heavy atom. The van der Waals surface area contributed by atoms with Gasteiger partial charge in [-0.25, -0.2) is 9.97 Å². The van der Waals surface area contributed by atoms with Gasteiger partial charge >= 0.3 is 0 Å². The molecule has 2 fully saturated rings. The summed E-state index contributed by atoms with van der Waals surface area (Å²) in [6, 6.07) is 10.1. The zero-order valence-electron chi connectivity index (χ0n) is 14.8. The van der Waals surface area contributed by atoms with Crippen LogP contribution in [-0.2, 0) is 6.54 Å². The van der Waals surface area contributed by atoms with E-state index in [2.05, 4.69) is 27.8 Å². The van der Waals surface area contributed by atoms with Crippen molar-refractivity contribution in [3.05, 3.63) is 53.6 Å². The van der Waals surface area contributed by atoms with E-state index in [9.17, 15) is 0 Å². The first-order chi connectivity index (χ1) is 12.8. The largest absolute Gasteiger partial charge is 0.356 e. The number of benzene rings is 1. The topological polar surface area (TPSA) is 34.0 Å². The minimum Gasteiger partial charge on any atom is -0.356 e. The predicted octanol–water partition coefficient (Wildman–Crippen LogP) is 4.88. The van der Waals surface area contributed by atoms with E-state index in [1.165, 1.54) is 31.5 Å². The Bertz CT molecular complexity index is 931. The van der Waals surface area contributed by atoms with Gasteiger partial charge in [0.05, 0.1) is 5.52 Å². The molecule has 1 aromatic carbocycles. The van der Waals surface area contributed by atoms with Gasteiger partial charge in [0.2, 0.25) is 0 Å². The third-order valence-electron chi connectivity index (χ3n) is 5.65. The summed E-state index contributed by atoms with van der Waals surface area (Å²) in [5, 5.41) is 1.85. The SMILES string of the molecule is Clc1ccc2nc(N3CCCC(c4nccn4CC4CC4)C3)ccc2c1. The molecule has 1 aliphatic carbocycles. The van der Waals surface area contributed by atoms with Crippen LogP contribution in [-0.4, -0.2) is 27.6 Å². The molecule has 2 aliphatic rings. The average molecular weight is 367 g/mol. The van der Waals surface area contributed by atoms with Crippen LogP contribution in [0, 0.1) is 5.92 Å². The number of hydrogen-bond donors (Lipinski definition) is 0. The maximum absolute atomic E-state index is 6.09. The van der Waals surface area contributed by atoms with Crippen molar-refractivity contribution in [3.63, 3.8) is 0 Å². The minimum absolute atomic E-state index is 0.486. The lowest BCUT2D eigenvalue weighted by Gasteiger charge is -2.33. The molecule has 3 heterocycles. The van der Waals surface area contributed by atoms with Gasteiger partial charge in [-0.05, 0) is 61.9 Å². The maximum Gasteiger partial charge on any atom is 0.129 e. The number of anilines is 1. The smallest absolute Gasteiger partial charge is 0.129 e. The van der Waals surface area contributed by atoms with Crippen LogP contribution in [0.1, 0.15) is 37.4 Å². The van der Waals surface area contributed by atoms with Gasteiger partial charge in [-0.1, -0.05) is 11.6 Å². The van der Waals surface area contributed by atoms with Gasteiger partial charge < -0.3 is 9.47 Å². The first-order valence-electron chi connectivity index (χ1n) is 9.58. The molecule has 1 saturated heterocycles. The molecule has 2 aromatic heterocycles. The second kappa shape index (κ2) is 6.58. The van der Waals surface area contributed by atoms with E-state index in [0.717, 1.165) is 47.3 Å². The van der Waals surface area contributed by atoms with Crippen molar-refractivity contribution in [2.75, 3.05) is 18.0 Å². The highest BCUT2D eigenvalue weighted by molar-refractivity contribution is 6.31. The van der Waals surface area contributed by atoms with Crippen molar-refractivity contribution in [1.29, 1.82) is 0 Å². The van der Waals surface area contributed by atoms with Crippen LogP contribution in [0.25, 0.3) is 10.9 Å². The fraction of sp³-hybridized carbons (Fsp3) is 0.429. The van der Waals surface area contributed by atoms with E-state index >= 15 is 0 Å². The molecule has 0 bridgehead atoms. The van der Waals surface area contributed by atoms with Crippen LogP contribution < -0.4 is 4.90 Å². The summed E-state index contributed by atoms with van der Waals surface area (Å²) in [6.07, 6.45) is 9.26. The van der Waals surface area contributed by atoms with Crippen LogP contribution in [0.3, 0.4) is 0 Å². The van der Waals surface area contributed by atoms with Gasteiger partial charge in [0, 0.05) is 48.4 Å². The second-order valence-corrected chi connectivity index (χ2v) is 8.11.